The van der Waals surface area contributed by atoms with E-state index in [1.54, 1.807) is 0 Å². The Balaban J connectivity index is 1.50. The van der Waals surface area contributed by atoms with Crippen LogP contribution in [-0.2, 0) is 4.79 Å². The zero-order valence-electron chi connectivity index (χ0n) is 12.1. The second-order valence-electron chi connectivity index (χ2n) is 5.60. The van der Waals surface area contributed by atoms with Gasteiger partial charge >= 0.3 is 0 Å². The molecule has 0 unspecified atom stereocenters. The zero-order valence-corrected chi connectivity index (χ0v) is 12.9. The summed E-state index contributed by atoms with van der Waals surface area (Å²) in [6, 6.07) is 8.29. The second kappa shape index (κ2) is 6.98. The van der Waals surface area contributed by atoms with Gasteiger partial charge in [0.25, 0.3) is 0 Å². The van der Waals surface area contributed by atoms with E-state index >= 15 is 0 Å². The highest BCUT2D eigenvalue weighted by Crippen LogP contribution is 2.20. The minimum absolute atomic E-state index is 0.118. The van der Waals surface area contributed by atoms with E-state index in [0.717, 1.165) is 29.0 Å². The van der Waals surface area contributed by atoms with Crippen LogP contribution < -0.4 is 5.32 Å². The summed E-state index contributed by atoms with van der Waals surface area (Å²) in [6.07, 6.45) is 7.34. The summed E-state index contributed by atoms with van der Waals surface area (Å²) in [5, 5.41) is 3.97. The van der Waals surface area contributed by atoms with Gasteiger partial charge < -0.3 is 10.3 Å². The fourth-order valence-corrected chi connectivity index (χ4v) is 3.52. The normalized spacial score (nSPS) is 16.8. The first kappa shape index (κ1) is 14.4. The average Bonchev–Trinajstić information content (AvgIpc) is 2.74. The summed E-state index contributed by atoms with van der Waals surface area (Å²) in [5.41, 5.74) is 1.97. The van der Waals surface area contributed by atoms with Gasteiger partial charge in [0.15, 0.2) is 5.16 Å². The van der Waals surface area contributed by atoms with Gasteiger partial charge in [-0.3, -0.25) is 4.79 Å². The van der Waals surface area contributed by atoms with Crippen LogP contribution in [0.25, 0.3) is 11.0 Å². The molecule has 1 fully saturated rings. The van der Waals surface area contributed by atoms with Crippen LogP contribution in [0.2, 0.25) is 0 Å². The number of hydrogen-bond acceptors (Lipinski definition) is 3. The Labute approximate surface area is 129 Å². The van der Waals surface area contributed by atoms with Crippen LogP contribution >= 0.6 is 11.8 Å². The summed E-state index contributed by atoms with van der Waals surface area (Å²) in [7, 11) is 0. The number of H-pyrrole nitrogens is 1. The molecule has 5 heteroatoms. The standard InChI is InChI=1S/C16H21N3OS/c20-15(17-12-7-3-1-2-4-8-12)11-21-16-18-13-9-5-6-10-14(13)19-16/h5-6,9-10,12H,1-4,7-8,11H2,(H,17,20)(H,18,19). The fraction of sp³-hybridized carbons (Fsp3) is 0.500. The third-order valence-corrected chi connectivity index (χ3v) is 4.80. The van der Waals surface area contributed by atoms with E-state index in [9.17, 15) is 4.79 Å². The summed E-state index contributed by atoms with van der Waals surface area (Å²) < 4.78 is 0. The van der Waals surface area contributed by atoms with Gasteiger partial charge in [0.2, 0.25) is 5.91 Å². The third kappa shape index (κ3) is 4.00. The van der Waals surface area contributed by atoms with Crippen LogP contribution in [0.15, 0.2) is 29.4 Å². The van der Waals surface area contributed by atoms with E-state index in [1.807, 2.05) is 24.3 Å². The number of para-hydroxylation sites is 2. The van der Waals surface area contributed by atoms with Crippen LogP contribution in [-0.4, -0.2) is 27.7 Å². The highest BCUT2D eigenvalue weighted by molar-refractivity contribution is 7.99. The molecule has 1 aliphatic carbocycles. The van der Waals surface area contributed by atoms with Crippen molar-refractivity contribution in [3.8, 4) is 0 Å². The lowest BCUT2D eigenvalue weighted by atomic mass is 10.1. The van der Waals surface area contributed by atoms with Crippen LogP contribution in [0.1, 0.15) is 38.5 Å². The number of nitrogens with zero attached hydrogens (tertiary/aromatic N) is 1. The van der Waals surface area contributed by atoms with E-state index in [0.29, 0.717) is 11.8 Å². The second-order valence-corrected chi connectivity index (χ2v) is 6.57. The van der Waals surface area contributed by atoms with Crippen LogP contribution in [0.3, 0.4) is 0 Å². The van der Waals surface area contributed by atoms with Gasteiger partial charge in [0, 0.05) is 6.04 Å². The first-order valence-corrected chi connectivity index (χ1v) is 8.67. The van der Waals surface area contributed by atoms with Crippen molar-refractivity contribution in [2.45, 2.75) is 49.7 Å². The van der Waals surface area contributed by atoms with Crippen molar-refractivity contribution >= 4 is 28.7 Å². The number of aromatic nitrogens is 2. The SMILES string of the molecule is O=C(CSc1nc2ccccc2[nH]1)NC1CCCCCC1. The van der Waals surface area contributed by atoms with Crippen molar-refractivity contribution < 1.29 is 4.79 Å². The van der Waals surface area contributed by atoms with Crippen LogP contribution in [0.4, 0.5) is 0 Å². The number of fused-ring (bicyclic) bond motifs is 1. The predicted octanol–water partition coefficient (Wildman–Crippen LogP) is 3.49. The van der Waals surface area contributed by atoms with E-state index in [1.165, 1.54) is 37.4 Å². The number of carbonyl (C=O) groups excluding carboxylic acids is 1. The Kier molecular flexibility index (Phi) is 4.80. The fourth-order valence-electron chi connectivity index (χ4n) is 2.82. The van der Waals surface area contributed by atoms with Crippen LogP contribution in [0, 0.1) is 0 Å². The largest absolute Gasteiger partial charge is 0.353 e. The lowest BCUT2D eigenvalue weighted by Crippen LogP contribution is -2.35. The molecule has 4 nitrogen and oxygen atoms in total. The molecule has 1 aromatic heterocycles. The number of hydrogen-bond donors (Lipinski definition) is 2. The van der Waals surface area contributed by atoms with Crippen molar-refractivity contribution in [2.75, 3.05) is 5.75 Å². The van der Waals surface area contributed by atoms with Gasteiger partial charge in [0.1, 0.15) is 0 Å². The van der Waals surface area contributed by atoms with Gasteiger partial charge in [0.05, 0.1) is 16.8 Å². The maximum Gasteiger partial charge on any atom is 0.230 e. The smallest absolute Gasteiger partial charge is 0.230 e. The van der Waals surface area contributed by atoms with E-state index < -0.39 is 0 Å². The number of carbonyl (C=O) groups is 1. The molecule has 0 radical (unpaired) electrons. The number of rotatable bonds is 4. The Bertz CT molecular complexity index is 569. The molecule has 1 aromatic carbocycles. The number of imidazole rings is 1. The molecule has 0 bridgehead atoms. The molecule has 1 heterocycles. The van der Waals surface area contributed by atoms with Gasteiger partial charge in [-0.25, -0.2) is 4.98 Å². The summed E-state index contributed by atoms with van der Waals surface area (Å²) in [4.78, 5) is 19.7. The Morgan fingerprint density at radius 3 is 2.76 bits per heavy atom. The van der Waals surface area contributed by atoms with Crippen LogP contribution in [0.5, 0.6) is 0 Å². The molecule has 2 N–H and O–H groups in total. The van der Waals surface area contributed by atoms with Gasteiger partial charge in [-0.15, -0.1) is 0 Å². The number of aromatic amines is 1. The van der Waals surface area contributed by atoms with E-state index in [-0.39, 0.29) is 5.91 Å². The van der Waals surface area contributed by atoms with E-state index in [2.05, 4.69) is 15.3 Å². The highest BCUT2D eigenvalue weighted by Gasteiger charge is 2.15. The molecular weight excluding hydrogens is 282 g/mol. The van der Waals surface area contributed by atoms with Crippen molar-refractivity contribution in [2.24, 2.45) is 0 Å². The molecule has 1 aliphatic rings. The third-order valence-electron chi connectivity index (χ3n) is 3.93. The van der Waals surface area contributed by atoms with Crippen molar-refractivity contribution in [3.05, 3.63) is 24.3 Å². The summed E-state index contributed by atoms with van der Waals surface area (Å²) in [5.74, 6) is 0.545. The molecule has 0 aliphatic heterocycles. The van der Waals surface area contributed by atoms with Crippen molar-refractivity contribution in [1.82, 2.24) is 15.3 Å². The van der Waals surface area contributed by atoms with Crippen molar-refractivity contribution in [1.29, 1.82) is 0 Å². The molecule has 0 atom stereocenters. The molecule has 3 rings (SSSR count). The van der Waals surface area contributed by atoms with Gasteiger partial charge in [-0.1, -0.05) is 49.6 Å². The van der Waals surface area contributed by atoms with Crippen molar-refractivity contribution in [3.63, 3.8) is 0 Å². The summed E-state index contributed by atoms with van der Waals surface area (Å²) in [6.45, 7) is 0. The number of amides is 1. The quantitative estimate of drug-likeness (QED) is 0.671. The minimum Gasteiger partial charge on any atom is -0.353 e. The van der Waals surface area contributed by atoms with Gasteiger partial charge in [-0.2, -0.15) is 0 Å². The molecule has 21 heavy (non-hydrogen) atoms. The number of benzene rings is 1. The molecular formula is C16H21N3OS. The van der Waals surface area contributed by atoms with Gasteiger partial charge in [-0.05, 0) is 25.0 Å². The molecule has 0 saturated heterocycles. The number of nitrogens with one attached hydrogen (secondary N) is 2. The lowest BCUT2D eigenvalue weighted by Gasteiger charge is -2.15. The molecule has 1 amide bonds. The molecule has 2 aromatic rings. The molecule has 112 valence electrons. The lowest BCUT2D eigenvalue weighted by molar-refractivity contribution is -0.119. The Morgan fingerprint density at radius 2 is 2.00 bits per heavy atom. The first-order chi connectivity index (χ1) is 10.3. The maximum atomic E-state index is 12.0. The summed E-state index contributed by atoms with van der Waals surface area (Å²) >= 11 is 1.47. The van der Waals surface area contributed by atoms with E-state index in [4.69, 9.17) is 0 Å². The predicted molar refractivity (Wildman–Crippen MR) is 86.5 cm³/mol. The zero-order chi connectivity index (χ0) is 14.5. The highest BCUT2D eigenvalue weighted by atomic mass is 32.2. The average molecular weight is 303 g/mol. The monoisotopic (exact) mass is 303 g/mol. The Hall–Kier alpha value is -1.49. The number of thioether (sulfide) groups is 1. The molecule has 0 spiro atoms. The minimum atomic E-state index is 0.118. The Morgan fingerprint density at radius 1 is 1.24 bits per heavy atom. The first-order valence-electron chi connectivity index (χ1n) is 7.68. The molecule has 1 saturated carbocycles. The topological polar surface area (TPSA) is 57.8 Å². The maximum absolute atomic E-state index is 12.0.